The van der Waals surface area contributed by atoms with Gasteiger partial charge in [0.05, 0.1) is 0 Å². The molecule has 0 N–H and O–H groups in total. The molecule has 1 aliphatic heterocycles. The average Bonchev–Trinajstić information content (AvgIpc) is 2.44. The third kappa shape index (κ3) is 6.85. The quantitative estimate of drug-likeness (QED) is 0.304. The van der Waals surface area contributed by atoms with Crippen molar-refractivity contribution < 1.29 is 0 Å². The third-order valence-electron chi connectivity index (χ3n) is 4.63. The summed E-state index contributed by atoms with van der Waals surface area (Å²) in [6, 6.07) is 0. The molecule has 0 bridgehead atoms. The van der Waals surface area contributed by atoms with Gasteiger partial charge in [0.2, 0.25) is 0 Å². The van der Waals surface area contributed by atoms with E-state index in [0.717, 1.165) is 19.1 Å². The van der Waals surface area contributed by atoms with E-state index in [1.807, 2.05) is 0 Å². The SMILES string of the molecule is C/C=C(C)\C=C/C/C(=C\C)CCB1CCC(C)CC1. The molecule has 1 fully saturated rings. The van der Waals surface area contributed by atoms with Crippen molar-refractivity contribution in [1.29, 1.82) is 0 Å². The number of hydrogen-bond acceptors (Lipinski definition) is 0. The van der Waals surface area contributed by atoms with Gasteiger partial charge < -0.3 is 0 Å². The van der Waals surface area contributed by atoms with Crippen molar-refractivity contribution >= 4 is 6.71 Å². The monoisotopic (exact) mass is 258 g/mol. The van der Waals surface area contributed by atoms with Gasteiger partial charge in [-0.05, 0) is 39.5 Å². The second kappa shape index (κ2) is 9.23. The maximum absolute atomic E-state index is 2.40. The van der Waals surface area contributed by atoms with Crippen LogP contribution in [0, 0.1) is 5.92 Å². The Labute approximate surface area is 121 Å². The lowest BCUT2D eigenvalue weighted by Gasteiger charge is -2.23. The zero-order valence-electron chi connectivity index (χ0n) is 13.4. The summed E-state index contributed by atoms with van der Waals surface area (Å²) < 4.78 is 0. The van der Waals surface area contributed by atoms with Gasteiger partial charge in [-0.1, -0.05) is 74.2 Å². The van der Waals surface area contributed by atoms with Crippen LogP contribution in [0.5, 0.6) is 0 Å². The van der Waals surface area contributed by atoms with E-state index < -0.39 is 0 Å². The molecule has 0 aromatic heterocycles. The first kappa shape index (κ1) is 16.3. The van der Waals surface area contributed by atoms with Crippen LogP contribution < -0.4 is 0 Å². The van der Waals surface area contributed by atoms with E-state index in [4.69, 9.17) is 0 Å². The molecule has 1 heteroatoms. The number of rotatable bonds is 6. The molecular weight excluding hydrogens is 227 g/mol. The summed E-state index contributed by atoms with van der Waals surface area (Å²) >= 11 is 0. The molecule has 1 heterocycles. The summed E-state index contributed by atoms with van der Waals surface area (Å²) in [6.45, 7) is 9.85. The van der Waals surface area contributed by atoms with Crippen LogP contribution in [0.3, 0.4) is 0 Å². The predicted octanol–water partition coefficient (Wildman–Crippen LogP) is 6.16. The minimum Gasteiger partial charge on any atom is -0.0882 e. The fraction of sp³-hybridized carbons (Fsp3) is 0.667. The molecule has 0 aliphatic carbocycles. The van der Waals surface area contributed by atoms with Crippen molar-refractivity contribution in [1.82, 2.24) is 0 Å². The standard InChI is InChI=1S/C18H31B/c1-5-16(3)8-7-9-18(6-2)12-15-19-13-10-17(4)11-14-19/h5-8,17H,9-15H2,1-4H3/b8-7-,16-5-,18-6+. The van der Waals surface area contributed by atoms with Crippen molar-refractivity contribution in [3.8, 4) is 0 Å². The number of hydrogen-bond donors (Lipinski definition) is 0. The lowest BCUT2D eigenvalue weighted by Crippen LogP contribution is -2.19. The molecule has 19 heavy (non-hydrogen) atoms. The molecule has 0 nitrogen and oxygen atoms in total. The molecule has 0 atom stereocenters. The van der Waals surface area contributed by atoms with E-state index in [1.54, 1.807) is 5.57 Å². The van der Waals surface area contributed by atoms with Gasteiger partial charge >= 0.3 is 0 Å². The fourth-order valence-corrected chi connectivity index (χ4v) is 2.86. The van der Waals surface area contributed by atoms with Gasteiger partial charge in [0.15, 0.2) is 0 Å². The molecule has 0 saturated carbocycles. The van der Waals surface area contributed by atoms with E-state index >= 15 is 0 Å². The highest BCUT2D eigenvalue weighted by atomic mass is 14.1. The van der Waals surface area contributed by atoms with Crippen molar-refractivity contribution in [3.05, 3.63) is 35.5 Å². The zero-order chi connectivity index (χ0) is 14.1. The Morgan fingerprint density at radius 1 is 1.16 bits per heavy atom. The molecule has 0 radical (unpaired) electrons. The van der Waals surface area contributed by atoms with E-state index in [9.17, 15) is 0 Å². The molecule has 0 unspecified atom stereocenters. The van der Waals surface area contributed by atoms with Crippen LogP contribution in [0.4, 0.5) is 0 Å². The van der Waals surface area contributed by atoms with Crippen LogP contribution in [-0.4, -0.2) is 6.71 Å². The van der Waals surface area contributed by atoms with Gasteiger partial charge in [0.1, 0.15) is 6.71 Å². The fourth-order valence-electron chi connectivity index (χ4n) is 2.86. The van der Waals surface area contributed by atoms with Gasteiger partial charge in [-0.15, -0.1) is 0 Å². The van der Waals surface area contributed by atoms with E-state index in [2.05, 4.69) is 52.0 Å². The summed E-state index contributed by atoms with van der Waals surface area (Å²) in [5.74, 6) is 0.976. The zero-order valence-corrected chi connectivity index (χ0v) is 13.4. The molecule has 106 valence electrons. The van der Waals surface area contributed by atoms with Gasteiger partial charge in [-0.3, -0.25) is 0 Å². The Morgan fingerprint density at radius 2 is 1.84 bits per heavy atom. The normalized spacial score (nSPS) is 19.5. The third-order valence-corrected chi connectivity index (χ3v) is 4.63. The van der Waals surface area contributed by atoms with Crippen LogP contribution in [0.15, 0.2) is 35.5 Å². The molecular formula is C18H31B. The Kier molecular flexibility index (Phi) is 7.94. The second-order valence-corrected chi connectivity index (χ2v) is 6.25. The second-order valence-electron chi connectivity index (χ2n) is 6.25. The minimum atomic E-state index is 0.976. The summed E-state index contributed by atoms with van der Waals surface area (Å²) in [4.78, 5) is 0. The molecule has 1 aliphatic rings. The first-order valence-electron chi connectivity index (χ1n) is 8.09. The predicted molar refractivity (Wildman–Crippen MR) is 90.1 cm³/mol. The smallest absolute Gasteiger partial charge is 0.0882 e. The van der Waals surface area contributed by atoms with Crippen molar-refractivity contribution in [2.45, 2.75) is 72.3 Å². The molecule has 1 saturated heterocycles. The molecule has 1 rings (SSSR count). The molecule has 0 aromatic carbocycles. The topological polar surface area (TPSA) is 0 Å². The van der Waals surface area contributed by atoms with Crippen LogP contribution in [-0.2, 0) is 0 Å². The lowest BCUT2D eigenvalue weighted by molar-refractivity contribution is 0.516. The van der Waals surface area contributed by atoms with Crippen molar-refractivity contribution in [3.63, 3.8) is 0 Å². The highest BCUT2D eigenvalue weighted by Crippen LogP contribution is 2.28. The van der Waals surface area contributed by atoms with E-state index in [1.165, 1.54) is 43.8 Å². The Morgan fingerprint density at radius 3 is 2.42 bits per heavy atom. The van der Waals surface area contributed by atoms with E-state index in [-0.39, 0.29) is 0 Å². The maximum atomic E-state index is 2.40. The van der Waals surface area contributed by atoms with Crippen LogP contribution in [0.2, 0.25) is 19.0 Å². The van der Waals surface area contributed by atoms with Crippen LogP contribution in [0.1, 0.15) is 53.4 Å². The van der Waals surface area contributed by atoms with Crippen molar-refractivity contribution in [2.75, 3.05) is 0 Å². The van der Waals surface area contributed by atoms with Crippen molar-refractivity contribution in [2.24, 2.45) is 5.92 Å². The molecule has 0 spiro atoms. The average molecular weight is 258 g/mol. The molecule has 0 amide bonds. The Hall–Kier alpha value is -0.715. The Balaban J connectivity index is 2.27. The first-order chi connectivity index (χ1) is 9.15. The molecule has 0 aromatic rings. The highest BCUT2D eigenvalue weighted by molar-refractivity contribution is 6.59. The van der Waals surface area contributed by atoms with Crippen LogP contribution in [0.25, 0.3) is 0 Å². The van der Waals surface area contributed by atoms with E-state index in [0.29, 0.717) is 0 Å². The number of allylic oxidation sites excluding steroid dienone is 6. The first-order valence-corrected chi connectivity index (χ1v) is 8.09. The van der Waals surface area contributed by atoms with Gasteiger partial charge in [-0.25, -0.2) is 0 Å². The minimum absolute atomic E-state index is 0.976. The lowest BCUT2D eigenvalue weighted by atomic mass is 9.38. The van der Waals surface area contributed by atoms with Gasteiger partial charge in [0, 0.05) is 0 Å². The van der Waals surface area contributed by atoms with Crippen LogP contribution >= 0.6 is 0 Å². The largest absolute Gasteiger partial charge is 0.140 e. The van der Waals surface area contributed by atoms with Gasteiger partial charge in [0.25, 0.3) is 0 Å². The summed E-state index contributed by atoms with van der Waals surface area (Å²) in [6.07, 6.45) is 18.7. The Bertz CT molecular complexity index is 328. The summed E-state index contributed by atoms with van der Waals surface area (Å²) in [5.41, 5.74) is 2.97. The van der Waals surface area contributed by atoms with Gasteiger partial charge in [-0.2, -0.15) is 0 Å². The maximum Gasteiger partial charge on any atom is 0.140 e. The summed E-state index contributed by atoms with van der Waals surface area (Å²) in [5, 5.41) is 0. The highest BCUT2D eigenvalue weighted by Gasteiger charge is 2.20. The summed E-state index contributed by atoms with van der Waals surface area (Å²) in [7, 11) is 0.